The first-order chi connectivity index (χ1) is 14.9. The average Bonchev–Trinajstić information content (AvgIpc) is 3.13. The van der Waals surface area contributed by atoms with Gasteiger partial charge >= 0.3 is 5.97 Å². The van der Waals surface area contributed by atoms with Crippen molar-refractivity contribution in [2.45, 2.75) is 38.3 Å². The Labute approximate surface area is 181 Å². The molecule has 164 valence electrons. The summed E-state index contributed by atoms with van der Waals surface area (Å²) >= 11 is 0. The number of carbonyl (C=O) groups excluding carboxylic acids is 4. The smallest absolute Gasteiger partial charge is 0.354 e. The highest BCUT2D eigenvalue weighted by Crippen LogP contribution is 2.45. The van der Waals surface area contributed by atoms with Crippen molar-refractivity contribution in [1.82, 2.24) is 9.80 Å². The molecule has 8 nitrogen and oxygen atoms in total. The molecule has 0 N–H and O–H groups in total. The molecule has 4 rings (SSSR count). The van der Waals surface area contributed by atoms with E-state index in [1.165, 1.54) is 15.9 Å². The number of benzene rings is 1. The van der Waals surface area contributed by atoms with E-state index in [9.17, 15) is 19.2 Å². The van der Waals surface area contributed by atoms with E-state index < -0.39 is 18.2 Å². The topological polar surface area (TPSA) is 87.2 Å². The van der Waals surface area contributed by atoms with Gasteiger partial charge in [0.25, 0.3) is 11.8 Å². The summed E-state index contributed by atoms with van der Waals surface area (Å²) < 4.78 is 5.47. The Balaban J connectivity index is 1.63. The van der Waals surface area contributed by atoms with Crippen LogP contribution in [0.4, 0.5) is 5.69 Å². The number of carbonyl (C=O) groups is 4. The summed E-state index contributed by atoms with van der Waals surface area (Å²) in [6.45, 7) is 6.74. The van der Waals surface area contributed by atoms with Gasteiger partial charge in [-0.15, -0.1) is 6.58 Å². The summed E-state index contributed by atoms with van der Waals surface area (Å²) in [5.74, 6) is -1.24. The lowest BCUT2D eigenvalue weighted by molar-refractivity contribution is -0.162. The Morgan fingerprint density at radius 2 is 2.06 bits per heavy atom. The highest BCUT2D eigenvalue weighted by molar-refractivity contribution is 6.15. The predicted molar refractivity (Wildman–Crippen MR) is 113 cm³/mol. The number of rotatable bonds is 5. The molecule has 0 bridgehead atoms. The second kappa shape index (κ2) is 8.17. The third kappa shape index (κ3) is 3.40. The molecule has 1 aromatic rings. The number of likely N-dealkylation sites (tertiary alicyclic amines) is 1. The van der Waals surface area contributed by atoms with Gasteiger partial charge < -0.3 is 14.5 Å². The molecule has 0 unspecified atom stereocenters. The number of esters is 1. The van der Waals surface area contributed by atoms with Crippen molar-refractivity contribution < 1.29 is 23.9 Å². The van der Waals surface area contributed by atoms with Crippen LogP contribution in [0.1, 0.15) is 43.0 Å². The molecule has 0 aromatic heterocycles. The van der Waals surface area contributed by atoms with Crippen LogP contribution in [0, 0.1) is 5.92 Å². The summed E-state index contributed by atoms with van der Waals surface area (Å²) in [6.07, 6.45) is 3.71. The van der Waals surface area contributed by atoms with Crippen LogP contribution < -0.4 is 4.90 Å². The van der Waals surface area contributed by atoms with Gasteiger partial charge in [-0.25, -0.2) is 4.79 Å². The second-order valence-corrected chi connectivity index (χ2v) is 8.43. The van der Waals surface area contributed by atoms with Gasteiger partial charge in [-0.3, -0.25) is 19.3 Å². The number of piperidine rings is 1. The van der Waals surface area contributed by atoms with E-state index in [1.807, 2.05) is 0 Å². The molecule has 1 aromatic carbocycles. The molecule has 2 saturated heterocycles. The van der Waals surface area contributed by atoms with E-state index in [0.717, 1.165) is 12.8 Å². The normalized spacial score (nSPS) is 25.2. The number of nitrogens with zero attached hydrogens (tertiary/aromatic N) is 3. The minimum Gasteiger partial charge on any atom is -0.452 e. The number of amides is 3. The van der Waals surface area contributed by atoms with Crippen LogP contribution >= 0.6 is 0 Å². The number of fused-ring (bicyclic) bond motifs is 3. The number of para-hydroxylation sites is 1. The third-order valence-corrected chi connectivity index (χ3v) is 6.35. The van der Waals surface area contributed by atoms with Gasteiger partial charge in [0.05, 0.1) is 11.3 Å². The number of anilines is 1. The Bertz CT molecular complexity index is 945. The minimum atomic E-state index is -1.60. The molecule has 3 amide bonds. The molecule has 31 heavy (non-hydrogen) atoms. The third-order valence-electron chi connectivity index (χ3n) is 6.35. The monoisotopic (exact) mass is 425 g/mol. The molecular weight excluding hydrogens is 398 g/mol. The number of hydrogen-bond donors (Lipinski definition) is 0. The lowest BCUT2D eigenvalue weighted by Gasteiger charge is -2.48. The first-order valence-electron chi connectivity index (χ1n) is 10.7. The van der Waals surface area contributed by atoms with Crippen LogP contribution in [0.3, 0.4) is 0 Å². The Morgan fingerprint density at radius 1 is 1.29 bits per heavy atom. The van der Waals surface area contributed by atoms with Crippen molar-refractivity contribution in [2.24, 2.45) is 5.92 Å². The molecule has 0 aliphatic carbocycles. The van der Waals surface area contributed by atoms with Crippen LogP contribution in [0.15, 0.2) is 36.9 Å². The summed E-state index contributed by atoms with van der Waals surface area (Å²) in [4.78, 5) is 56.5. The molecule has 0 radical (unpaired) electrons. The fourth-order valence-corrected chi connectivity index (χ4v) is 4.88. The van der Waals surface area contributed by atoms with Gasteiger partial charge in [-0.1, -0.05) is 25.1 Å². The number of hydrogen-bond acceptors (Lipinski definition) is 5. The molecule has 2 fully saturated rings. The molecule has 0 spiro atoms. The summed E-state index contributed by atoms with van der Waals surface area (Å²) in [7, 11) is 0. The Hall–Kier alpha value is -3.16. The largest absolute Gasteiger partial charge is 0.452 e. The Kier molecular flexibility index (Phi) is 5.56. The van der Waals surface area contributed by atoms with Gasteiger partial charge in [-0.2, -0.15) is 0 Å². The van der Waals surface area contributed by atoms with E-state index in [-0.39, 0.29) is 37.1 Å². The SMILES string of the molecule is C=CCN1C(=O)c2ccccc2N2C(=O)CC[C@]12C(=O)OCC(=O)N1CCC[C@@H](C)C1. The highest BCUT2D eigenvalue weighted by Gasteiger charge is 2.61. The van der Waals surface area contributed by atoms with Crippen LogP contribution in [0.2, 0.25) is 0 Å². The maximum atomic E-state index is 13.4. The maximum Gasteiger partial charge on any atom is 0.354 e. The predicted octanol–water partition coefficient (Wildman–Crippen LogP) is 1.95. The first-order valence-corrected chi connectivity index (χ1v) is 10.7. The van der Waals surface area contributed by atoms with Gasteiger partial charge in [-0.05, 0) is 30.9 Å². The lowest BCUT2D eigenvalue weighted by Crippen LogP contribution is -2.68. The van der Waals surface area contributed by atoms with E-state index >= 15 is 0 Å². The van der Waals surface area contributed by atoms with Gasteiger partial charge in [0.15, 0.2) is 6.61 Å². The summed E-state index contributed by atoms with van der Waals surface area (Å²) in [6, 6.07) is 6.73. The second-order valence-electron chi connectivity index (χ2n) is 8.43. The van der Waals surface area contributed by atoms with Crippen molar-refractivity contribution >= 4 is 29.4 Å². The zero-order valence-electron chi connectivity index (χ0n) is 17.7. The number of ether oxygens (including phenoxy) is 1. The molecule has 2 atom stereocenters. The molecule has 3 aliphatic rings. The standard InChI is InChI=1S/C23H27N3O5/c1-3-12-25-21(29)17-8-4-5-9-18(17)26-19(27)10-11-23(25,26)22(30)31-15-20(28)24-13-6-7-16(2)14-24/h3-5,8-9,16H,1,6-7,10-15H2,2H3/t16-,23+/m1/s1. The highest BCUT2D eigenvalue weighted by atomic mass is 16.5. The quantitative estimate of drug-likeness (QED) is 0.532. The van der Waals surface area contributed by atoms with E-state index in [2.05, 4.69) is 13.5 Å². The first kappa shape index (κ1) is 21.1. The Morgan fingerprint density at radius 3 is 2.81 bits per heavy atom. The minimum absolute atomic E-state index is 0.0730. The summed E-state index contributed by atoms with van der Waals surface area (Å²) in [5, 5.41) is 0. The fraction of sp³-hybridized carbons (Fsp3) is 0.478. The van der Waals surface area contributed by atoms with Crippen molar-refractivity contribution in [3.63, 3.8) is 0 Å². The molecule has 3 heterocycles. The maximum absolute atomic E-state index is 13.4. The van der Waals surface area contributed by atoms with Crippen LogP contribution in [-0.2, 0) is 19.1 Å². The van der Waals surface area contributed by atoms with Gasteiger partial charge in [0, 0.05) is 32.5 Å². The summed E-state index contributed by atoms with van der Waals surface area (Å²) in [5.41, 5.74) is -0.864. The van der Waals surface area contributed by atoms with Gasteiger partial charge in [0.1, 0.15) is 0 Å². The van der Waals surface area contributed by atoms with Crippen LogP contribution in [0.25, 0.3) is 0 Å². The van der Waals surface area contributed by atoms with E-state index in [4.69, 9.17) is 4.74 Å². The molecule has 0 saturated carbocycles. The molecular formula is C23H27N3O5. The van der Waals surface area contributed by atoms with Crippen LogP contribution in [-0.4, -0.2) is 65.4 Å². The van der Waals surface area contributed by atoms with Crippen molar-refractivity contribution in [3.8, 4) is 0 Å². The van der Waals surface area contributed by atoms with Crippen molar-refractivity contribution in [1.29, 1.82) is 0 Å². The zero-order valence-corrected chi connectivity index (χ0v) is 17.7. The van der Waals surface area contributed by atoms with E-state index in [0.29, 0.717) is 30.3 Å². The van der Waals surface area contributed by atoms with Gasteiger partial charge in [0.2, 0.25) is 11.6 Å². The molecule has 3 aliphatic heterocycles. The van der Waals surface area contributed by atoms with E-state index in [1.54, 1.807) is 29.2 Å². The lowest BCUT2D eigenvalue weighted by atomic mass is 9.96. The average molecular weight is 425 g/mol. The molecule has 8 heteroatoms. The van der Waals surface area contributed by atoms with Crippen LogP contribution in [0.5, 0.6) is 0 Å². The van der Waals surface area contributed by atoms with Crippen molar-refractivity contribution in [3.05, 3.63) is 42.5 Å². The fourth-order valence-electron chi connectivity index (χ4n) is 4.88. The van der Waals surface area contributed by atoms with Crippen molar-refractivity contribution in [2.75, 3.05) is 31.1 Å². The zero-order chi connectivity index (χ0) is 22.2.